The molecular weight excluding hydrogens is 444 g/mol. The lowest BCUT2D eigenvalue weighted by atomic mass is 10.1. The number of hydrogen-bond acceptors (Lipinski definition) is 6. The van der Waals surface area contributed by atoms with Gasteiger partial charge in [0.15, 0.2) is 0 Å². The topological polar surface area (TPSA) is 99.3 Å². The van der Waals surface area contributed by atoms with Crippen LogP contribution in [0.3, 0.4) is 0 Å². The van der Waals surface area contributed by atoms with E-state index in [1.54, 1.807) is 12.1 Å². The lowest BCUT2D eigenvalue weighted by molar-refractivity contribution is -0.125. The first-order valence-corrected chi connectivity index (χ1v) is 13.3. The van der Waals surface area contributed by atoms with Crippen LogP contribution in [0.2, 0.25) is 0 Å². The Morgan fingerprint density at radius 1 is 1.09 bits per heavy atom. The number of hydrogen-bond donors (Lipinski definition) is 1. The first-order chi connectivity index (χ1) is 15.9. The van der Waals surface area contributed by atoms with Crippen LogP contribution in [0.25, 0.3) is 0 Å². The summed E-state index contributed by atoms with van der Waals surface area (Å²) in [7, 11) is -3.64. The Hall–Kier alpha value is -2.01. The zero-order chi connectivity index (χ0) is 23.4. The molecule has 0 aliphatic carbocycles. The molecule has 4 rings (SSSR count). The van der Waals surface area contributed by atoms with Gasteiger partial charge in [0.1, 0.15) is 6.04 Å². The summed E-state index contributed by atoms with van der Waals surface area (Å²) in [6.07, 6.45) is 4.95. The Labute approximate surface area is 196 Å². The van der Waals surface area contributed by atoms with Crippen molar-refractivity contribution in [1.82, 2.24) is 14.5 Å². The fourth-order valence-corrected chi connectivity index (χ4v) is 6.40. The van der Waals surface area contributed by atoms with Gasteiger partial charge in [-0.15, -0.1) is 0 Å². The van der Waals surface area contributed by atoms with E-state index in [4.69, 9.17) is 4.74 Å². The molecule has 1 N–H and O–H groups in total. The fourth-order valence-electron chi connectivity index (χ4n) is 4.94. The molecule has 2 fully saturated rings. The highest BCUT2D eigenvalue weighted by atomic mass is 32.2. The molecule has 0 unspecified atom stereocenters. The molecule has 3 aliphatic heterocycles. The number of fused-ring (bicyclic) bond motifs is 1. The SMILES string of the molecule is CC(=O)N1c2ccc(S(=O)(=O)N3CCOCC3)cc2C[C@@H]1C(=O)NCCCN1CCCCC1. The molecule has 3 aliphatic rings. The monoisotopic (exact) mass is 478 g/mol. The van der Waals surface area contributed by atoms with Crippen molar-refractivity contribution in [3.05, 3.63) is 23.8 Å². The van der Waals surface area contributed by atoms with Crippen LogP contribution in [0.1, 0.15) is 38.2 Å². The number of benzene rings is 1. The summed E-state index contributed by atoms with van der Waals surface area (Å²) < 4.78 is 32.7. The maximum atomic E-state index is 13.0. The zero-order valence-corrected chi connectivity index (χ0v) is 20.1. The molecule has 0 radical (unpaired) electrons. The molecule has 9 nitrogen and oxygen atoms in total. The summed E-state index contributed by atoms with van der Waals surface area (Å²) in [5.41, 5.74) is 1.31. The number of ether oxygens (including phenoxy) is 1. The molecule has 2 amide bonds. The molecule has 0 bridgehead atoms. The molecule has 1 atom stereocenters. The molecule has 0 spiro atoms. The van der Waals surface area contributed by atoms with Crippen LogP contribution >= 0.6 is 0 Å². The van der Waals surface area contributed by atoms with Crippen LogP contribution in [0, 0.1) is 0 Å². The molecule has 10 heteroatoms. The summed E-state index contributed by atoms with van der Waals surface area (Å²) in [6, 6.07) is 4.13. The van der Waals surface area contributed by atoms with E-state index >= 15 is 0 Å². The van der Waals surface area contributed by atoms with E-state index in [9.17, 15) is 18.0 Å². The number of rotatable bonds is 7. The van der Waals surface area contributed by atoms with Crippen molar-refractivity contribution in [1.29, 1.82) is 0 Å². The van der Waals surface area contributed by atoms with E-state index in [1.165, 1.54) is 41.5 Å². The van der Waals surface area contributed by atoms with E-state index in [-0.39, 0.29) is 16.7 Å². The van der Waals surface area contributed by atoms with Gasteiger partial charge in [-0.1, -0.05) is 6.42 Å². The zero-order valence-electron chi connectivity index (χ0n) is 19.3. The van der Waals surface area contributed by atoms with Crippen molar-refractivity contribution < 1.29 is 22.7 Å². The first kappa shape index (κ1) is 24.1. The second-order valence-electron chi connectivity index (χ2n) is 8.96. The number of likely N-dealkylation sites (tertiary alicyclic amines) is 1. The Morgan fingerprint density at radius 2 is 1.82 bits per heavy atom. The number of nitrogens with one attached hydrogen (secondary N) is 1. The summed E-state index contributed by atoms with van der Waals surface area (Å²) in [4.78, 5) is 29.4. The van der Waals surface area contributed by atoms with E-state index in [2.05, 4.69) is 10.2 Å². The van der Waals surface area contributed by atoms with E-state index in [0.29, 0.717) is 50.5 Å². The van der Waals surface area contributed by atoms with Crippen LogP contribution in [0.15, 0.2) is 23.1 Å². The highest BCUT2D eigenvalue weighted by molar-refractivity contribution is 7.89. The minimum Gasteiger partial charge on any atom is -0.379 e. The Balaban J connectivity index is 1.41. The van der Waals surface area contributed by atoms with Gasteiger partial charge < -0.3 is 15.0 Å². The first-order valence-electron chi connectivity index (χ1n) is 11.9. The summed E-state index contributed by atoms with van der Waals surface area (Å²) in [5, 5.41) is 2.98. The van der Waals surface area contributed by atoms with Crippen molar-refractivity contribution in [2.24, 2.45) is 0 Å². The number of morpholine rings is 1. The van der Waals surface area contributed by atoms with Crippen LogP contribution in [0.5, 0.6) is 0 Å². The third kappa shape index (κ3) is 5.40. The third-order valence-electron chi connectivity index (χ3n) is 6.68. The van der Waals surface area contributed by atoms with Gasteiger partial charge in [0.25, 0.3) is 0 Å². The van der Waals surface area contributed by atoms with E-state index < -0.39 is 16.1 Å². The van der Waals surface area contributed by atoms with Gasteiger partial charge in [0.2, 0.25) is 21.8 Å². The van der Waals surface area contributed by atoms with Crippen LogP contribution in [0.4, 0.5) is 5.69 Å². The lowest BCUT2D eigenvalue weighted by Gasteiger charge is -2.27. The van der Waals surface area contributed by atoms with Gasteiger partial charge in [0.05, 0.1) is 18.1 Å². The normalized spacial score (nSPS) is 22.2. The second kappa shape index (κ2) is 10.5. The maximum Gasteiger partial charge on any atom is 0.243 e. The van der Waals surface area contributed by atoms with Crippen LogP contribution in [-0.2, 0) is 30.8 Å². The average Bonchev–Trinajstić information content (AvgIpc) is 3.22. The number of amides is 2. The number of anilines is 1. The second-order valence-corrected chi connectivity index (χ2v) is 10.9. The molecule has 0 saturated carbocycles. The summed E-state index contributed by atoms with van der Waals surface area (Å²) in [5.74, 6) is -0.427. The van der Waals surface area contributed by atoms with Crippen LogP contribution in [-0.4, -0.2) is 88.0 Å². The number of sulfonamides is 1. The highest BCUT2D eigenvalue weighted by Crippen LogP contribution is 2.35. The molecule has 3 heterocycles. The van der Waals surface area contributed by atoms with Crippen molar-refractivity contribution >= 4 is 27.5 Å². The van der Waals surface area contributed by atoms with Gasteiger partial charge in [-0.05, 0) is 62.7 Å². The highest BCUT2D eigenvalue weighted by Gasteiger charge is 2.38. The predicted molar refractivity (Wildman–Crippen MR) is 125 cm³/mol. The van der Waals surface area contributed by atoms with Crippen LogP contribution < -0.4 is 10.2 Å². The molecule has 1 aromatic carbocycles. The minimum atomic E-state index is -3.64. The molecule has 2 saturated heterocycles. The number of carbonyl (C=O) groups excluding carboxylic acids is 2. The number of nitrogens with zero attached hydrogens (tertiary/aromatic N) is 3. The quantitative estimate of drug-likeness (QED) is 0.587. The van der Waals surface area contributed by atoms with Gasteiger partial charge in [0, 0.05) is 38.7 Å². The van der Waals surface area contributed by atoms with E-state index in [1.807, 2.05) is 0 Å². The largest absolute Gasteiger partial charge is 0.379 e. The molecule has 33 heavy (non-hydrogen) atoms. The molecular formula is C23H34N4O5S. The van der Waals surface area contributed by atoms with Gasteiger partial charge in [-0.25, -0.2) is 8.42 Å². The average molecular weight is 479 g/mol. The lowest BCUT2D eigenvalue weighted by Crippen LogP contribution is -2.47. The maximum absolute atomic E-state index is 13.0. The summed E-state index contributed by atoms with van der Waals surface area (Å²) in [6.45, 7) is 6.60. The van der Waals surface area contributed by atoms with Gasteiger partial charge >= 0.3 is 0 Å². The Kier molecular flexibility index (Phi) is 7.68. The van der Waals surface area contributed by atoms with E-state index in [0.717, 1.165) is 26.1 Å². The molecule has 182 valence electrons. The van der Waals surface area contributed by atoms with Crippen molar-refractivity contribution in [3.8, 4) is 0 Å². The minimum absolute atomic E-state index is 0.189. The molecule has 0 aromatic heterocycles. The number of piperidine rings is 1. The Bertz CT molecular complexity index is 971. The van der Waals surface area contributed by atoms with Crippen molar-refractivity contribution in [2.75, 3.05) is 57.4 Å². The van der Waals surface area contributed by atoms with Crippen molar-refractivity contribution in [3.63, 3.8) is 0 Å². The molecule has 1 aromatic rings. The standard InChI is InChI=1S/C23H34N4O5S/c1-18(28)27-21-7-6-20(33(30,31)26-12-14-32-15-13-26)16-19(21)17-22(27)23(29)24-8-5-11-25-9-3-2-4-10-25/h6-7,16,22H,2-5,8-15,17H2,1H3,(H,24,29)/t22-/m1/s1. The predicted octanol–water partition coefficient (Wildman–Crippen LogP) is 0.977. The van der Waals surface area contributed by atoms with Gasteiger partial charge in [-0.3, -0.25) is 14.5 Å². The number of carbonyl (C=O) groups is 2. The van der Waals surface area contributed by atoms with Crippen molar-refractivity contribution in [2.45, 2.75) is 50.0 Å². The summed E-state index contributed by atoms with van der Waals surface area (Å²) >= 11 is 0. The third-order valence-corrected chi connectivity index (χ3v) is 8.58. The Morgan fingerprint density at radius 3 is 2.52 bits per heavy atom. The van der Waals surface area contributed by atoms with Gasteiger partial charge in [-0.2, -0.15) is 4.31 Å². The fraction of sp³-hybridized carbons (Fsp3) is 0.652. The smallest absolute Gasteiger partial charge is 0.243 e.